The summed E-state index contributed by atoms with van der Waals surface area (Å²) in [6.07, 6.45) is 2.71. The minimum Gasteiger partial charge on any atom is -0.465 e. The molecule has 0 fully saturated rings. The fourth-order valence-corrected chi connectivity index (χ4v) is 3.49. The Morgan fingerprint density at radius 3 is 2.55 bits per heavy atom. The predicted octanol–water partition coefficient (Wildman–Crippen LogP) is 3.95. The van der Waals surface area contributed by atoms with Crippen LogP contribution in [-0.4, -0.2) is 33.5 Å². The average Bonchev–Trinajstić information content (AvgIpc) is 3.18. The van der Waals surface area contributed by atoms with Crippen LogP contribution in [0.5, 0.6) is 0 Å². The molecular formula is C24H22N4O3. The number of esters is 1. The number of hydrogen-bond acceptors (Lipinski definition) is 5. The monoisotopic (exact) mass is 414 g/mol. The Morgan fingerprint density at radius 2 is 1.81 bits per heavy atom. The number of pyridine rings is 1. The van der Waals surface area contributed by atoms with Crippen molar-refractivity contribution in [3.8, 4) is 5.69 Å². The van der Waals surface area contributed by atoms with Crippen LogP contribution < -0.4 is 5.32 Å². The maximum absolute atomic E-state index is 12.5. The van der Waals surface area contributed by atoms with Crippen molar-refractivity contribution in [1.82, 2.24) is 14.5 Å². The number of imidazole rings is 1. The highest BCUT2D eigenvalue weighted by molar-refractivity contribution is 6.01. The van der Waals surface area contributed by atoms with Crippen molar-refractivity contribution < 1.29 is 14.3 Å². The SMILES string of the molecule is CCc1nc2cccnc2n1-c1ccc(CC(=O)Nc2ccccc2C(=O)OC)cc1. The zero-order valence-corrected chi connectivity index (χ0v) is 17.3. The van der Waals surface area contributed by atoms with Gasteiger partial charge in [-0.05, 0) is 42.0 Å². The molecule has 31 heavy (non-hydrogen) atoms. The number of carbonyl (C=O) groups excluding carboxylic acids is 2. The molecule has 0 saturated carbocycles. The van der Waals surface area contributed by atoms with Crippen molar-refractivity contribution in [2.45, 2.75) is 19.8 Å². The molecular weight excluding hydrogens is 392 g/mol. The maximum Gasteiger partial charge on any atom is 0.339 e. The van der Waals surface area contributed by atoms with Gasteiger partial charge in [-0.3, -0.25) is 9.36 Å². The van der Waals surface area contributed by atoms with Gasteiger partial charge in [0.05, 0.1) is 24.8 Å². The Kier molecular flexibility index (Phi) is 5.75. The third-order valence-electron chi connectivity index (χ3n) is 4.97. The molecule has 156 valence electrons. The Labute approximate surface area is 179 Å². The van der Waals surface area contributed by atoms with Crippen LogP contribution in [0.2, 0.25) is 0 Å². The number of ether oxygens (including phenoxy) is 1. The second-order valence-corrected chi connectivity index (χ2v) is 6.99. The number of anilines is 1. The predicted molar refractivity (Wildman–Crippen MR) is 118 cm³/mol. The summed E-state index contributed by atoms with van der Waals surface area (Å²) in [4.78, 5) is 33.6. The largest absolute Gasteiger partial charge is 0.465 e. The Balaban J connectivity index is 1.53. The number of hydrogen-bond donors (Lipinski definition) is 1. The first-order chi connectivity index (χ1) is 15.1. The molecule has 7 heteroatoms. The van der Waals surface area contributed by atoms with Crippen LogP contribution in [0.1, 0.15) is 28.7 Å². The highest BCUT2D eigenvalue weighted by Gasteiger charge is 2.15. The minimum absolute atomic E-state index is 0.180. The van der Waals surface area contributed by atoms with E-state index in [4.69, 9.17) is 4.74 Å². The van der Waals surface area contributed by atoms with Gasteiger partial charge < -0.3 is 10.1 Å². The molecule has 2 heterocycles. The van der Waals surface area contributed by atoms with Crippen molar-refractivity contribution in [2.75, 3.05) is 12.4 Å². The van der Waals surface area contributed by atoms with E-state index in [9.17, 15) is 9.59 Å². The summed E-state index contributed by atoms with van der Waals surface area (Å²) in [5.41, 5.74) is 4.21. The van der Waals surface area contributed by atoms with E-state index in [2.05, 4.69) is 22.2 Å². The van der Waals surface area contributed by atoms with Gasteiger partial charge in [0, 0.05) is 18.3 Å². The third kappa shape index (κ3) is 4.16. The van der Waals surface area contributed by atoms with Gasteiger partial charge in [0.25, 0.3) is 0 Å². The highest BCUT2D eigenvalue weighted by Crippen LogP contribution is 2.21. The van der Waals surface area contributed by atoms with Crippen molar-refractivity contribution in [3.05, 3.63) is 83.8 Å². The Morgan fingerprint density at radius 1 is 1.03 bits per heavy atom. The van der Waals surface area contributed by atoms with E-state index in [1.807, 2.05) is 41.0 Å². The molecule has 4 rings (SSSR count). The van der Waals surface area contributed by atoms with Crippen LogP contribution in [0.25, 0.3) is 16.9 Å². The lowest BCUT2D eigenvalue weighted by Gasteiger charge is -2.11. The first-order valence-electron chi connectivity index (χ1n) is 9.99. The average molecular weight is 414 g/mol. The van der Waals surface area contributed by atoms with E-state index in [1.54, 1.807) is 30.5 Å². The molecule has 0 aliphatic rings. The van der Waals surface area contributed by atoms with Gasteiger partial charge >= 0.3 is 5.97 Å². The lowest BCUT2D eigenvalue weighted by molar-refractivity contribution is -0.115. The van der Waals surface area contributed by atoms with Crippen LogP contribution >= 0.6 is 0 Å². The van der Waals surface area contributed by atoms with Gasteiger partial charge in [-0.15, -0.1) is 0 Å². The number of para-hydroxylation sites is 1. The van der Waals surface area contributed by atoms with Crippen LogP contribution in [-0.2, 0) is 22.4 Å². The molecule has 2 aromatic heterocycles. The quantitative estimate of drug-likeness (QED) is 0.483. The van der Waals surface area contributed by atoms with Crippen LogP contribution in [0.3, 0.4) is 0 Å². The Bertz CT molecular complexity index is 1250. The number of amides is 1. The standard InChI is InChI=1S/C24H22N4O3/c1-3-21-26-20-9-6-14-25-23(20)28(21)17-12-10-16(11-13-17)15-22(29)27-19-8-5-4-7-18(19)24(30)31-2/h4-14H,3,15H2,1-2H3,(H,27,29). The van der Waals surface area contributed by atoms with Crippen LogP contribution in [0.15, 0.2) is 66.9 Å². The van der Waals surface area contributed by atoms with E-state index in [0.717, 1.165) is 34.7 Å². The number of fused-ring (bicyclic) bond motifs is 1. The number of methoxy groups -OCH3 is 1. The molecule has 4 aromatic rings. The van der Waals surface area contributed by atoms with Crippen molar-refractivity contribution in [1.29, 1.82) is 0 Å². The summed E-state index contributed by atoms with van der Waals surface area (Å²) in [5.74, 6) is 0.222. The van der Waals surface area contributed by atoms with E-state index >= 15 is 0 Å². The molecule has 1 N–H and O–H groups in total. The molecule has 1 amide bonds. The first kappa shape index (κ1) is 20.3. The molecule has 0 bridgehead atoms. The molecule has 2 aromatic carbocycles. The number of nitrogens with one attached hydrogen (secondary N) is 1. The van der Waals surface area contributed by atoms with E-state index in [0.29, 0.717) is 11.3 Å². The highest BCUT2D eigenvalue weighted by atomic mass is 16.5. The summed E-state index contributed by atoms with van der Waals surface area (Å²) in [6.45, 7) is 2.06. The first-order valence-corrected chi connectivity index (χ1v) is 9.99. The number of aryl methyl sites for hydroxylation is 1. The van der Waals surface area contributed by atoms with E-state index in [1.165, 1.54) is 7.11 Å². The molecule has 0 unspecified atom stereocenters. The topological polar surface area (TPSA) is 86.1 Å². The smallest absolute Gasteiger partial charge is 0.339 e. The summed E-state index contributed by atoms with van der Waals surface area (Å²) < 4.78 is 6.81. The van der Waals surface area contributed by atoms with Crippen molar-refractivity contribution in [3.63, 3.8) is 0 Å². The second-order valence-electron chi connectivity index (χ2n) is 6.99. The molecule has 0 spiro atoms. The van der Waals surface area contributed by atoms with E-state index in [-0.39, 0.29) is 12.3 Å². The van der Waals surface area contributed by atoms with E-state index < -0.39 is 5.97 Å². The summed E-state index contributed by atoms with van der Waals surface area (Å²) in [5, 5.41) is 2.79. The molecule has 0 radical (unpaired) electrons. The molecule has 0 saturated heterocycles. The minimum atomic E-state index is -0.492. The van der Waals surface area contributed by atoms with Gasteiger partial charge in [-0.25, -0.2) is 14.8 Å². The summed E-state index contributed by atoms with van der Waals surface area (Å²) in [7, 11) is 1.31. The normalized spacial score (nSPS) is 10.8. The molecule has 7 nitrogen and oxygen atoms in total. The second kappa shape index (κ2) is 8.79. The lowest BCUT2D eigenvalue weighted by atomic mass is 10.1. The van der Waals surface area contributed by atoms with Gasteiger partial charge in [-0.2, -0.15) is 0 Å². The van der Waals surface area contributed by atoms with Gasteiger partial charge in [0.1, 0.15) is 11.3 Å². The van der Waals surface area contributed by atoms with Gasteiger partial charge in [0.2, 0.25) is 5.91 Å². The summed E-state index contributed by atoms with van der Waals surface area (Å²) >= 11 is 0. The number of benzene rings is 2. The van der Waals surface area contributed by atoms with Crippen molar-refractivity contribution >= 4 is 28.7 Å². The molecule has 0 aliphatic carbocycles. The number of rotatable bonds is 6. The Hall–Kier alpha value is -4.00. The fraction of sp³-hybridized carbons (Fsp3) is 0.167. The number of carbonyl (C=O) groups is 2. The molecule has 0 aliphatic heterocycles. The third-order valence-corrected chi connectivity index (χ3v) is 4.97. The van der Waals surface area contributed by atoms with Crippen molar-refractivity contribution in [2.24, 2.45) is 0 Å². The fourth-order valence-electron chi connectivity index (χ4n) is 3.49. The maximum atomic E-state index is 12.5. The van der Waals surface area contributed by atoms with Gasteiger partial charge in [-0.1, -0.05) is 31.2 Å². The van der Waals surface area contributed by atoms with Gasteiger partial charge in [0.15, 0.2) is 5.65 Å². The number of nitrogens with zero attached hydrogens (tertiary/aromatic N) is 3. The molecule has 0 atom stereocenters. The zero-order chi connectivity index (χ0) is 21.8. The van der Waals surface area contributed by atoms with Crippen LogP contribution in [0, 0.1) is 0 Å². The lowest BCUT2D eigenvalue weighted by Crippen LogP contribution is -2.17. The number of aromatic nitrogens is 3. The zero-order valence-electron chi connectivity index (χ0n) is 17.3. The van der Waals surface area contributed by atoms with Crippen LogP contribution in [0.4, 0.5) is 5.69 Å². The summed E-state index contributed by atoms with van der Waals surface area (Å²) in [6, 6.07) is 18.3.